The Morgan fingerprint density at radius 2 is 1.83 bits per heavy atom. The van der Waals surface area contributed by atoms with Gasteiger partial charge in [-0.25, -0.2) is 0 Å². The van der Waals surface area contributed by atoms with E-state index in [2.05, 4.69) is 4.99 Å². The van der Waals surface area contributed by atoms with Crippen molar-refractivity contribution in [2.45, 2.75) is 45.0 Å². The number of aliphatic imine (C=N–C) groups is 1. The van der Waals surface area contributed by atoms with Crippen LogP contribution in [0.25, 0.3) is 0 Å². The number of allylic oxidation sites excluding steroid dienone is 2. The predicted octanol–water partition coefficient (Wildman–Crippen LogP) is 4.87. The number of carbonyl (C=O) groups excluding carboxylic acids is 1. The Hall–Kier alpha value is -2.04. The minimum Gasteiger partial charge on any atom is -0.494 e. The van der Waals surface area contributed by atoms with E-state index in [4.69, 9.17) is 4.74 Å². The van der Waals surface area contributed by atoms with Gasteiger partial charge in [0, 0.05) is 13.5 Å². The van der Waals surface area contributed by atoms with E-state index < -0.39 is 17.4 Å². The van der Waals surface area contributed by atoms with Crippen LogP contribution in [0.5, 0.6) is 5.75 Å². The lowest BCUT2D eigenvalue weighted by Gasteiger charge is -2.14. The molecule has 0 bridgehead atoms. The average molecular weight is 337 g/mol. The fourth-order valence-electron chi connectivity index (χ4n) is 2.23. The van der Waals surface area contributed by atoms with Crippen LogP contribution in [0.2, 0.25) is 0 Å². The fraction of sp³-hybridized carbons (Fsp3) is 0.474. The molecule has 0 N–H and O–H groups in total. The average Bonchev–Trinajstić information content (AvgIpc) is 2.59. The molecule has 0 saturated heterocycles. The third-order valence-corrected chi connectivity index (χ3v) is 3.55. The molecule has 0 amide bonds. The quantitative estimate of drug-likeness (QED) is 0.427. The lowest BCUT2D eigenvalue weighted by Crippen LogP contribution is -2.36. The Kier molecular flexibility index (Phi) is 8.90. The number of benzene rings is 1. The molecule has 0 aliphatic rings. The van der Waals surface area contributed by atoms with Crippen LogP contribution >= 0.6 is 0 Å². The highest BCUT2D eigenvalue weighted by Gasteiger charge is 2.41. The SMILES string of the molecule is C/C=C\C(=NC)C(F)(F)C(=O)CCCCCCOc1ccccc1. The van der Waals surface area contributed by atoms with E-state index in [1.54, 1.807) is 6.92 Å². The number of ether oxygens (including phenoxy) is 1. The highest BCUT2D eigenvalue weighted by atomic mass is 19.3. The number of hydrogen-bond acceptors (Lipinski definition) is 3. The van der Waals surface area contributed by atoms with Gasteiger partial charge in [0.15, 0.2) is 0 Å². The number of carbonyl (C=O) groups is 1. The summed E-state index contributed by atoms with van der Waals surface area (Å²) >= 11 is 0. The van der Waals surface area contributed by atoms with Crippen LogP contribution in [-0.4, -0.2) is 31.1 Å². The van der Waals surface area contributed by atoms with Crippen molar-refractivity contribution in [1.82, 2.24) is 0 Å². The summed E-state index contributed by atoms with van der Waals surface area (Å²) in [5.41, 5.74) is -0.480. The molecule has 0 aliphatic heterocycles. The largest absolute Gasteiger partial charge is 0.494 e. The third-order valence-electron chi connectivity index (χ3n) is 3.55. The Bertz CT molecular complexity index is 554. The maximum absolute atomic E-state index is 13.9. The standard InChI is InChI=1S/C19H25F2NO2/c1-3-11-17(22-2)19(20,21)18(23)14-9-4-5-10-15-24-16-12-7-6-8-13-16/h3,6-8,11-13H,4-5,9-10,14-15H2,1-2H3/b11-3-,22-17?. The van der Waals surface area contributed by atoms with Crippen molar-refractivity contribution >= 4 is 11.5 Å². The molecule has 1 aromatic carbocycles. The molecule has 3 nitrogen and oxygen atoms in total. The van der Waals surface area contributed by atoms with Gasteiger partial charge < -0.3 is 4.74 Å². The van der Waals surface area contributed by atoms with Crippen LogP contribution in [0.3, 0.4) is 0 Å². The monoisotopic (exact) mass is 337 g/mol. The van der Waals surface area contributed by atoms with E-state index >= 15 is 0 Å². The van der Waals surface area contributed by atoms with Gasteiger partial charge in [-0.3, -0.25) is 9.79 Å². The second kappa shape index (κ2) is 10.7. The molecule has 0 saturated carbocycles. The first-order chi connectivity index (χ1) is 11.5. The number of rotatable bonds is 11. The second-order valence-electron chi connectivity index (χ2n) is 5.43. The molecule has 0 aliphatic carbocycles. The number of Topliss-reactive ketones (excluding diaryl/α,β-unsaturated/α-hetero) is 1. The number of hydrogen-bond donors (Lipinski definition) is 0. The maximum atomic E-state index is 13.9. The van der Waals surface area contributed by atoms with Gasteiger partial charge in [0.25, 0.3) is 0 Å². The summed E-state index contributed by atoms with van der Waals surface area (Å²) in [6.45, 7) is 2.20. The summed E-state index contributed by atoms with van der Waals surface area (Å²) in [5.74, 6) is -3.75. The van der Waals surface area contributed by atoms with E-state index in [-0.39, 0.29) is 6.42 Å². The van der Waals surface area contributed by atoms with Crippen LogP contribution in [0.4, 0.5) is 8.78 Å². The molecule has 1 aromatic rings. The summed E-state index contributed by atoms with van der Waals surface area (Å²) in [5, 5.41) is 0. The number of unbranched alkanes of at least 4 members (excludes halogenated alkanes) is 3. The number of ketones is 1. The molecule has 5 heteroatoms. The Morgan fingerprint density at radius 1 is 1.17 bits per heavy atom. The van der Waals surface area contributed by atoms with Gasteiger partial charge in [0.1, 0.15) is 11.5 Å². The van der Waals surface area contributed by atoms with Crippen molar-refractivity contribution < 1.29 is 18.3 Å². The van der Waals surface area contributed by atoms with Crippen LogP contribution in [0.1, 0.15) is 39.0 Å². The van der Waals surface area contributed by atoms with Gasteiger partial charge >= 0.3 is 5.92 Å². The van der Waals surface area contributed by atoms with Crippen molar-refractivity contribution in [3.8, 4) is 5.75 Å². The van der Waals surface area contributed by atoms with E-state index in [1.165, 1.54) is 19.2 Å². The minimum atomic E-state index is -3.50. The molecule has 0 unspecified atom stereocenters. The maximum Gasteiger partial charge on any atom is 0.346 e. The topological polar surface area (TPSA) is 38.7 Å². The molecule has 0 fully saturated rings. The molecule has 1 rings (SSSR count). The van der Waals surface area contributed by atoms with Crippen molar-refractivity contribution in [3.05, 3.63) is 42.5 Å². The smallest absolute Gasteiger partial charge is 0.346 e. The van der Waals surface area contributed by atoms with Gasteiger partial charge in [0.2, 0.25) is 5.78 Å². The van der Waals surface area contributed by atoms with E-state index in [1.807, 2.05) is 30.3 Å². The summed E-state index contributed by atoms with van der Waals surface area (Å²) < 4.78 is 33.4. The van der Waals surface area contributed by atoms with Crippen molar-refractivity contribution in [2.24, 2.45) is 4.99 Å². The minimum absolute atomic E-state index is 0.136. The summed E-state index contributed by atoms with van der Waals surface area (Å²) in [6, 6.07) is 9.51. The van der Waals surface area contributed by atoms with E-state index in [0.29, 0.717) is 13.0 Å². The summed E-state index contributed by atoms with van der Waals surface area (Å²) in [4.78, 5) is 15.2. The zero-order valence-corrected chi connectivity index (χ0v) is 14.3. The van der Waals surface area contributed by atoms with E-state index in [0.717, 1.165) is 25.0 Å². The lowest BCUT2D eigenvalue weighted by atomic mass is 10.0. The van der Waals surface area contributed by atoms with Crippen LogP contribution in [0.15, 0.2) is 47.5 Å². The normalized spacial score (nSPS) is 12.6. The first-order valence-corrected chi connectivity index (χ1v) is 8.21. The van der Waals surface area contributed by atoms with Gasteiger partial charge in [-0.2, -0.15) is 8.78 Å². The molecule has 0 radical (unpaired) electrons. The van der Waals surface area contributed by atoms with Crippen molar-refractivity contribution in [3.63, 3.8) is 0 Å². The van der Waals surface area contributed by atoms with Crippen molar-refractivity contribution in [1.29, 1.82) is 0 Å². The number of halogens is 2. The Labute approximate surface area is 142 Å². The van der Waals surface area contributed by atoms with Crippen LogP contribution < -0.4 is 4.74 Å². The molecule has 0 spiro atoms. The first-order valence-electron chi connectivity index (χ1n) is 8.21. The predicted molar refractivity (Wildman–Crippen MR) is 93.1 cm³/mol. The number of nitrogens with zero attached hydrogens (tertiary/aromatic N) is 1. The highest BCUT2D eigenvalue weighted by molar-refractivity contribution is 6.15. The van der Waals surface area contributed by atoms with Gasteiger partial charge in [0.05, 0.1) is 6.61 Å². The molecular weight excluding hydrogens is 312 g/mol. The molecule has 0 aromatic heterocycles. The Morgan fingerprint density at radius 3 is 2.46 bits per heavy atom. The number of alkyl halides is 2. The first kappa shape index (κ1) is 20.0. The lowest BCUT2D eigenvalue weighted by molar-refractivity contribution is -0.134. The van der Waals surface area contributed by atoms with Gasteiger partial charge in [-0.05, 0) is 38.0 Å². The van der Waals surface area contributed by atoms with E-state index in [9.17, 15) is 13.6 Å². The highest BCUT2D eigenvalue weighted by Crippen LogP contribution is 2.22. The molecular formula is C19H25F2NO2. The molecule has 0 atom stereocenters. The zero-order chi connectivity index (χ0) is 17.8. The van der Waals surface area contributed by atoms with Crippen molar-refractivity contribution in [2.75, 3.05) is 13.7 Å². The molecule has 0 heterocycles. The second-order valence-corrected chi connectivity index (χ2v) is 5.43. The number of para-hydroxylation sites is 1. The van der Waals surface area contributed by atoms with Gasteiger partial charge in [-0.1, -0.05) is 37.1 Å². The zero-order valence-electron chi connectivity index (χ0n) is 14.3. The third kappa shape index (κ3) is 6.60. The summed E-state index contributed by atoms with van der Waals surface area (Å²) in [6.07, 6.45) is 5.35. The van der Waals surface area contributed by atoms with Crippen LogP contribution in [-0.2, 0) is 4.79 Å². The summed E-state index contributed by atoms with van der Waals surface area (Å²) in [7, 11) is 1.27. The fourth-order valence-corrected chi connectivity index (χ4v) is 2.23. The van der Waals surface area contributed by atoms with Gasteiger partial charge in [-0.15, -0.1) is 0 Å². The molecule has 132 valence electrons. The Balaban J connectivity index is 2.21. The molecule has 24 heavy (non-hydrogen) atoms. The van der Waals surface area contributed by atoms with Crippen LogP contribution in [0, 0.1) is 0 Å².